The van der Waals surface area contributed by atoms with E-state index in [9.17, 15) is 0 Å². The minimum absolute atomic E-state index is 1.36. The SMILES string of the molecule is Cc1ccc2c3c(C)cc(I)c4c(C)ccc(c5c(C)cc(C)c1c25)c43. The fourth-order valence-electron chi connectivity index (χ4n) is 5.06. The van der Waals surface area contributed by atoms with Gasteiger partial charge in [-0.15, -0.1) is 0 Å². The van der Waals surface area contributed by atoms with Crippen molar-refractivity contribution in [2.75, 3.05) is 0 Å². The topological polar surface area (TPSA) is 0 Å². The first kappa shape index (κ1) is 16.3. The molecular weight excluding hydrogens is 427 g/mol. The van der Waals surface area contributed by atoms with Crippen LogP contribution in [0.2, 0.25) is 0 Å². The van der Waals surface area contributed by atoms with Crippen molar-refractivity contribution >= 4 is 65.7 Å². The summed E-state index contributed by atoms with van der Waals surface area (Å²) < 4.78 is 1.36. The number of hydrogen-bond acceptors (Lipinski definition) is 0. The van der Waals surface area contributed by atoms with Gasteiger partial charge in [0.25, 0.3) is 0 Å². The maximum Gasteiger partial charge on any atom is 0.0214 e. The molecule has 5 aromatic rings. The number of halogens is 1. The Kier molecular flexibility index (Phi) is 3.34. The molecule has 0 unspecified atom stereocenters. The van der Waals surface area contributed by atoms with Crippen LogP contribution in [0.5, 0.6) is 0 Å². The molecule has 0 heterocycles. The fraction of sp³-hybridized carbons (Fsp3) is 0.200. The summed E-state index contributed by atoms with van der Waals surface area (Å²) in [5, 5.41) is 11.4. The average molecular weight is 448 g/mol. The third kappa shape index (κ3) is 1.90. The second-order valence-corrected chi connectivity index (χ2v) is 8.96. The molecule has 26 heavy (non-hydrogen) atoms. The van der Waals surface area contributed by atoms with E-state index < -0.39 is 0 Å². The van der Waals surface area contributed by atoms with Crippen LogP contribution < -0.4 is 0 Å². The van der Waals surface area contributed by atoms with Gasteiger partial charge in [0.15, 0.2) is 0 Å². The van der Waals surface area contributed by atoms with E-state index in [1.54, 1.807) is 0 Å². The molecular formula is C25H21I. The monoisotopic (exact) mass is 448 g/mol. The molecule has 0 aliphatic rings. The van der Waals surface area contributed by atoms with Gasteiger partial charge in [0.05, 0.1) is 0 Å². The Bertz CT molecular complexity index is 1260. The molecule has 5 rings (SSSR count). The molecule has 0 bridgehead atoms. The lowest BCUT2D eigenvalue weighted by molar-refractivity contribution is 1.43. The van der Waals surface area contributed by atoms with Gasteiger partial charge in [0.1, 0.15) is 0 Å². The van der Waals surface area contributed by atoms with Crippen molar-refractivity contribution in [3.63, 3.8) is 0 Å². The number of benzene rings is 5. The van der Waals surface area contributed by atoms with Crippen LogP contribution in [0.1, 0.15) is 27.8 Å². The molecule has 0 atom stereocenters. The van der Waals surface area contributed by atoms with Crippen molar-refractivity contribution in [3.05, 3.63) is 67.8 Å². The smallest absolute Gasteiger partial charge is 0.0214 e. The number of hydrogen-bond donors (Lipinski definition) is 0. The van der Waals surface area contributed by atoms with Gasteiger partial charge in [0, 0.05) is 3.57 Å². The Balaban J connectivity index is 2.32. The van der Waals surface area contributed by atoms with E-state index in [1.807, 2.05) is 0 Å². The molecule has 0 spiro atoms. The Morgan fingerprint density at radius 3 is 1.54 bits per heavy atom. The molecule has 128 valence electrons. The minimum Gasteiger partial charge on any atom is -0.0581 e. The lowest BCUT2D eigenvalue weighted by Gasteiger charge is -2.21. The van der Waals surface area contributed by atoms with Crippen molar-refractivity contribution in [2.45, 2.75) is 34.6 Å². The zero-order valence-electron chi connectivity index (χ0n) is 15.8. The molecule has 0 saturated carbocycles. The van der Waals surface area contributed by atoms with E-state index in [2.05, 4.69) is 93.6 Å². The van der Waals surface area contributed by atoms with Gasteiger partial charge in [0.2, 0.25) is 0 Å². The largest absolute Gasteiger partial charge is 0.0581 e. The van der Waals surface area contributed by atoms with E-state index in [0.29, 0.717) is 0 Å². The van der Waals surface area contributed by atoms with Gasteiger partial charge in [-0.25, -0.2) is 0 Å². The van der Waals surface area contributed by atoms with Crippen LogP contribution >= 0.6 is 22.6 Å². The Hall–Kier alpha value is -1.87. The number of fused-ring (bicyclic) bond motifs is 2. The van der Waals surface area contributed by atoms with Crippen LogP contribution in [0.15, 0.2) is 36.4 Å². The Morgan fingerprint density at radius 1 is 0.462 bits per heavy atom. The normalized spacial score (nSPS) is 12.2. The highest BCUT2D eigenvalue weighted by Gasteiger charge is 2.19. The molecule has 0 amide bonds. The molecule has 0 aromatic heterocycles. The first-order valence-electron chi connectivity index (χ1n) is 9.17. The maximum absolute atomic E-state index is 2.51. The van der Waals surface area contributed by atoms with E-state index >= 15 is 0 Å². The third-order valence-corrected chi connectivity index (χ3v) is 6.91. The molecule has 0 saturated heterocycles. The van der Waals surface area contributed by atoms with Gasteiger partial charge >= 0.3 is 0 Å². The molecule has 0 aliphatic heterocycles. The summed E-state index contributed by atoms with van der Waals surface area (Å²) in [4.78, 5) is 0. The van der Waals surface area contributed by atoms with Gasteiger partial charge in [-0.2, -0.15) is 0 Å². The highest BCUT2D eigenvalue weighted by molar-refractivity contribution is 14.1. The molecule has 5 aromatic carbocycles. The average Bonchev–Trinajstić information content (AvgIpc) is 2.57. The van der Waals surface area contributed by atoms with Gasteiger partial charge in [-0.05, 0) is 134 Å². The molecule has 0 N–H and O–H groups in total. The summed E-state index contributed by atoms with van der Waals surface area (Å²) in [6.45, 7) is 11.3. The summed E-state index contributed by atoms with van der Waals surface area (Å²) in [6.07, 6.45) is 0. The van der Waals surface area contributed by atoms with E-state index in [4.69, 9.17) is 0 Å². The number of aryl methyl sites for hydroxylation is 5. The van der Waals surface area contributed by atoms with Gasteiger partial charge in [-0.3, -0.25) is 0 Å². The highest BCUT2D eigenvalue weighted by Crippen LogP contribution is 2.45. The second kappa shape index (κ2) is 5.32. The zero-order chi connectivity index (χ0) is 18.3. The third-order valence-electron chi connectivity index (χ3n) is 6.06. The summed E-state index contributed by atoms with van der Waals surface area (Å²) in [7, 11) is 0. The number of rotatable bonds is 0. The van der Waals surface area contributed by atoms with Crippen molar-refractivity contribution in [3.8, 4) is 0 Å². The Labute approximate surface area is 167 Å². The van der Waals surface area contributed by atoms with Gasteiger partial charge in [-0.1, -0.05) is 30.3 Å². The molecule has 0 nitrogen and oxygen atoms in total. The summed E-state index contributed by atoms with van der Waals surface area (Å²) in [5.41, 5.74) is 6.89. The quantitative estimate of drug-likeness (QED) is 0.128. The van der Waals surface area contributed by atoms with Crippen LogP contribution in [-0.2, 0) is 0 Å². The van der Waals surface area contributed by atoms with Crippen LogP contribution in [0.4, 0.5) is 0 Å². The zero-order valence-corrected chi connectivity index (χ0v) is 18.0. The summed E-state index contributed by atoms with van der Waals surface area (Å²) in [6, 6.07) is 14.0. The summed E-state index contributed by atoms with van der Waals surface area (Å²) >= 11 is 2.51. The fourth-order valence-corrected chi connectivity index (χ4v) is 6.22. The van der Waals surface area contributed by atoms with Crippen molar-refractivity contribution in [2.24, 2.45) is 0 Å². The predicted molar refractivity (Wildman–Crippen MR) is 124 cm³/mol. The molecule has 1 heteroatoms. The van der Waals surface area contributed by atoms with Crippen molar-refractivity contribution in [1.29, 1.82) is 0 Å². The van der Waals surface area contributed by atoms with Crippen molar-refractivity contribution in [1.82, 2.24) is 0 Å². The summed E-state index contributed by atoms with van der Waals surface area (Å²) in [5.74, 6) is 0. The standard InChI is InChI=1S/C25H21I/c1-12-6-8-17-22-16(5)11-19(26)23-13(2)7-9-18(25(22)23)21-15(4)10-14(3)20(12)24(17)21/h6-11H,1-5H3. The lowest BCUT2D eigenvalue weighted by atomic mass is 9.83. The molecule has 0 aliphatic carbocycles. The van der Waals surface area contributed by atoms with Crippen LogP contribution in [0.3, 0.4) is 0 Å². The van der Waals surface area contributed by atoms with Crippen LogP contribution in [0.25, 0.3) is 43.1 Å². The van der Waals surface area contributed by atoms with E-state index in [0.717, 1.165) is 0 Å². The second-order valence-electron chi connectivity index (χ2n) is 7.80. The Morgan fingerprint density at radius 2 is 0.923 bits per heavy atom. The van der Waals surface area contributed by atoms with E-state index in [1.165, 1.54) is 74.5 Å². The highest BCUT2D eigenvalue weighted by atomic mass is 127. The van der Waals surface area contributed by atoms with Crippen molar-refractivity contribution < 1.29 is 0 Å². The molecule has 0 radical (unpaired) electrons. The van der Waals surface area contributed by atoms with Crippen LogP contribution in [-0.4, -0.2) is 0 Å². The van der Waals surface area contributed by atoms with Crippen LogP contribution in [0, 0.1) is 38.2 Å². The van der Waals surface area contributed by atoms with E-state index in [-0.39, 0.29) is 0 Å². The first-order valence-corrected chi connectivity index (χ1v) is 10.2. The lowest BCUT2D eigenvalue weighted by Crippen LogP contribution is -1.96. The first-order chi connectivity index (χ1) is 12.4. The van der Waals surface area contributed by atoms with Gasteiger partial charge < -0.3 is 0 Å². The molecule has 0 fully saturated rings. The predicted octanol–water partition coefficient (Wildman–Crippen LogP) is 7.88. The minimum atomic E-state index is 1.36. The maximum atomic E-state index is 2.51.